The van der Waals surface area contributed by atoms with Gasteiger partial charge in [0.2, 0.25) is 0 Å². The van der Waals surface area contributed by atoms with Gasteiger partial charge >= 0.3 is 0 Å². The molecule has 0 saturated heterocycles. The van der Waals surface area contributed by atoms with E-state index in [1.165, 1.54) is 23.2 Å². The lowest BCUT2D eigenvalue weighted by Crippen LogP contribution is -2.32. The minimum atomic E-state index is -0.213. The lowest BCUT2D eigenvalue weighted by Gasteiger charge is -2.36. The molecule has 3 aromatic rings. The van der Waals surface area contributed by atoms with E-state index in [1.54, 1.807) is 6.07 Å². The van der Waals surface area contributed by atoms with Crippen LogP contribution in [0.1, 0.15) is 87.6 Å². The van der Waals surface area contributed by atoms with Crippen molar-refractivity contribution in [3.8, 4) is 5.69 Å². The molecule has 1 aliphatic heterocycles. The molecule has 1 spiro atoms. The normalized spacial score (nSPS) is 25.8. The zero-order valence-electron chi connectivity index (χ0n) is 19.2. The summed E-state index contributed by atoms with van der Waals surface area (Å²) in [6, 6.07) is 12.7. The number of hydrogen-bond acceptors (Lipinski definition) is 3. The van der Waals surface area contributed by atoms with Gasteiger partial charge in [-0.25, -0.2) is 0 Å². The molecule has 4 nitrogen and oxygen atoms in total. The van der Waals surface area contributed by atoms with E-state index in [2.05, 4.69) is 29.7 Å². The van der Waals surface area contributed by atoms with Crippen LogP contribution in [0.5, 0.6) is 0 Å². The quantitative estimate of drug-likeness (QED) is 0.489. The summed E-state index contributed by atoms with van der Waals surface area (Å²) in [5, 5.41) is 10.8. The average molecular weight is 463 g/mol. The highest BCUT2D eigenvalue weighted by atomic mass is 35.5. The molecule has 6 rings (SSSR count). The Kier molecular flexibility index (Phi) is 4.97. The molecule has 2 fully saturated rings. The monoisotopic (exact) mass is 462 g/mol. The summed E-state index contributed by atoms with van der Waals surface area (Å²) in [5.74, 6) is 1.41. The average Bonchev–Trinajstić information content (AvgIpc) is 3.09. The molecule has 0 amide bonds. The third-order valence-electron chi connectivity index (χ3n) is 8.82. The van der Waals surface area contributed by atoms with Crippen LogP contribution in [-0.4, -0.2) is 21.3 Å². The van der Waals surface area contributed by atoms with Gasteiger partial charge in [0.15, 0.2) is 0 Å². The zero-order chi connectivity index (χ0) is 22.8. The van der Waals surface area contributed by atoms with Crippen molar-refractivity contribution in [1.29, 1.82) is 0 Å². The molecule has 0 atom stereocenters. The molecule has 33 heavy (non-hydrogen) atoms. The highest BCUT2D eigenvalue weighted by Crippen LogP contribution is 2.52. The van der Waals surface area contributed by atoms with Crippen molar-refractivity contribution in [2.45, 2.75) is 76.0 Å². The van der Waals surface area contributed by atoms with Crippen LogP contribution in [0.25, 0.3) is 16.6 Å². The maximum Gasteiger partial charge on any atom is 0.282 e. The van der Waals surface area contributed by atoms with Crippen molar-refractivity contribution in [2.24, 2.45) is 5.41 Å². The van der Waals surface area contributed by atoms with Crippen LogP contribution in [0.15, 0.2) is 41.2 Å². The Morgan fingerprint density at radius 1 is 1.09 bits per heavy atom. The summed E-state index contributed by atoms with van der Waals surface area (Å²) < 4.78 is 2.24. The first-order valence-electron chi connectivity index (χ1n) is 12.4. The number of rotatable bonds is 2. The Morgan fingerprint density at radius 2 is 1.85 bits per heavy atom. The van der Waals surface area contributed by atoms with Crippen LogP contribution in [0.2, 0.25) is 5.02 Å². The van der Waals surface area contributed by atoms with E-state index in [4.69, 9.17) is 16.6 Å². The Hall–Kier alpha value is -2.17. The second-order valence-corrected chi connectivity index (χ2v) is 11.3. The number of halogens is 1. The predicted octanol–water partition coefficient (Wildman–Crippen LogP) is 6.26. The number of benzene rings is 2. The summed E-state index contributed by atoms with van der Waals surface area (Å²) >= 11 is 6.49. The lowest BCUT2D eigenvalue weighted by atomic mass is 9.68. The molecule has 1 aromatic heterocycles. The molecule has 5 heteroatoms. The van der Waals surface area contributed by atoms with Gasteiger partial charge in [-0.05, 0) is 79.2 Å². The Balaban J connectivity index is 1.55. The van der Waals surface area contributed by atoms with Gasteiger partial charge in [-0.15, -0.1) is 0 Å². The Labute approximate surface area is 199 Å². The maximum absolute atomic E-state index is 13.1. The first-order valence-corrected chi connectivity index (χ1v) is 12.8. The van der Waals surface area contributed by atoms with Gasteiger partial charge in [-0.2, -0.15) is 4.98 Å². The van der Waals surface area contributed by atoms with Crippen LogP contribution >= 0.6 is 11.6 Å². The number of hydrogen-bond donors (Lipinski definition) is 1. The zero-order valence-corrected chi connectivity index (χ0v) is 20.0. The fourth-order valence-electron chi connectivity index (χ4n) is 6.76. The van der Waals surface area contributed by atoms with E-state index >= 15 is 0 Å². The molecule has 172 valence electrons. The number of aromatic nitrogens is 2. The molecule has 0 radical (unpaired) electrons. The van der Waals surface area contributed by atoms with E-state index in [-0.39, 0.29) is 23.0 Å². The van der Waals surface area contributed by atoms with E-state index < -0.39 is 0 Å². The molecule has 2 aromatic carbocycles. The van der Waals surface area contributed by atoms with Crippen LogP contribution in [0.3, 0.4) is 0 Å². The molecule has 2 saturated carbocycles. The molecule has 2 aliphatic carbocycles. The largest absolute Gasteiger partial charge is 0.396 e. The van der Waals surface area contributed by atoms with Crippen LogP contribution < -0.4 is 5.56 Å². The van der Waals surface area contributed by atoms with E-state index in [1.807, 2.05) is 12.1 Å². The van der Waals surface area contributed by atoms with Crippen LogP contribution in [0.4, 0.5) is 0 Å². The smallest absolute Gasteiger partial charge is 0.282 e. The van der Waals surface area contributed by atoms with Crippen molar-refractivity contribution < 1.29 is 5.11 Å². The molecule has 0 unspecified atom stereocenters. The molecular weight excluding hydrogens is 432 g/mol. The van der Waals surface area contributed by atoms with E-state index in [0.717, 1.165) is 62.7 Å². The predicted molar refractivity (Wildman–Crippen MR) is 133 cm³/mol. The fourth-order valence-corrected chi connectivity index (χ4v) is 7.01. The minimum absolute atomic E-state index is 0.0577. The van der Waals surface area contributed by atoms with Crippen LogP contribution in [-0.2, 0) is 5.41 Å². The third-order valence-corrected chi connectivity index (χ3v) is 9.14. The van der Waals surface area contributed by atoms with Gasteiger partial charge in [0.25, 0.3) is 5.56 Å². The standard InChI is InChI=1S/C28H31ClN2O2/c1-27(17-32)14-10-18(11-15-27)19-8-9-20-23(16-19)31-22-7-5-6-21(29)24(22)25(33)30-26(31)28(20)12-3-2-4-13-28/h5-9,16,18,32H,2-4,10-15,17H2,1H3. The number of aliphatic hydroxyl groups excluding tert-OH is 1. The van der Waals surface area contributed by atoms with Crippen molar-refractivity contribution in [3.05, 3.63) is 68.7 Å². The van der Waals surface area contributed by atoms with Gasteiger partial charge in [0.1, 0.15) is 5.82 Å². The van der Waals surface area contributed by atoms with Crippen molar-refractivity contribution in [3.63, 3.8) is 0 Å². The fraction of sp³-hybridized carbons (Fsp3) is 0.500. The van der Waals surface area contributed by atoms with Gasteiger partial charge in [-0.3, -0.25) is 9.36 Å². The highest BCUT2D eigenvalue weighted by molar-refractivity contribution is 6.35. The molecule has 3 aliphatic rings. The van der Waals surface area contributed by atoms with Gasteiger partial charge in [0, 0.05) is 6.61 Å². The summed E-state index contributed by atoms with van der Waals surface area (Å²) in [4.78, 5) is 17.8. The number of aliphatic hydroxyl groups is 1. The summed E-state index contributed by atoms with van der Waals surface area (Å²) in [6.45, 7) is 2.47. The number of fused-ring (bicyclic) bond motifs is 7. The molecular formula is C28H31ClN2O2. The summed E-state index contributed by atoms with van der Waals surface area (Å²) in [6.07, 6.45) is 9.94. The molecule has 1 N–H and O–H groups in total. The SMILES string of the molecule is CC1(CO)CCC(c2ccc3c(c2)-n2c(nc(=O)c4c(Cl)cccc42)C32CCCCC2)CC1. The first kappa shape index (κ1) is 21.4. The Morgan fingerprint density at radius 3 is 2.58 bits per heavy atom. The van der Waals surface area contributed by atoms with Gasteiger partial charge in [0.05, 0.1) is 27.0 Å². The van der Waals surface area contributed by atoms with Crippen molar-refractivity contribution >= 4 is 22.5 Å². The Bertz CT molecular complexity index is 1300. The summed E-state index contributed by atoms with van der Waals surface area (Å²) in [7, 11) is 0. The van der Waals surface area contributed by atoms with Gasteiger partial charge in [-0.1, -0.05) is 56.0 Å². The highest BCUT2D eigenvalue weighted by Gasteiger charge is 2.46. The van der Waals surface area contributed by atoms with E-state index in [9.17, 15) is 9.90 Å². The van der Waals surface area contributed by atoms with Gasteiger partial charge < -0.3 is 5.11 Å². The molecule has 2 heterocycles. The maximum atomic E-state index is 13.1. The topological polar surface area (TPSA) is 55.1 Å². The molecule has 0 bridgehead atoms. The second-order valence-electron chi connectivity index (χ2n) is 10.9. The first-order chi connectivity index (χ1) is 16.0. The van der Waals surface area contributed by atoms with Crippen molar-refractivity contribution in [1.82, 2.24) is 9.55 Å². The van der Waals surface area contributed by atoms with Crippen molar-refractivity contribution in [2.75, 3.05) is 6.61 Å². The summed E-state index contributed by atoms with van der Waals surface area (Å²) in [5.41, 5.74) is 4.40. The van der Waals surface area contributed by atoms with E-state index in [0.29, 0.717) is 16.3 Å². The second kappa shape index (κ2) is 7.68. The third kappa shape index (κ3) is 3.14. The van der Waals surface area contributed by atoms with Crippen LogP contribution in [0, 0.1) is 5.41 Å². The minimum Gasteiger partial charge on any atom is -0.396 e. The lowest BCUT2D eigenvalue weighted by molar-refractivity contribution is 0.0935. The number of nitrogens with zero attached hydrogens (tertiary/aromatic N) is 2.